The van der Waals surface area contributed by atoms with E-state index in [2.05, 4.69) is 15.5 Å². The Morgan fingerprint density at radius 2 is 1.79 bits per heavy atom. The molecule has 0 aliphatic rings. The molecule has 0 unspecified atom stereocenters. The molecule has 1 amide bonds. The predicted molar refractivity (Wildman–Crippen MR) is 127 cm³/mol. The summed E-state index contributed by atoms with van der Waals surface area (Å²) in [5, 5.41) is 6.62. The first-order valence-corrected chi connectivity index (χ1v) is 11.0. The number of rotatable bonds is 7. The van der Waals surface area contributed by atoms with Crippen molar-refractivity contribution in [1.82, 2.24) is 24.1 Å². The van der Waals surface area contributed by atoms with Crippen LogP contribution in [0, 0.1) is 13.8 Å². The number of hydrogen-bond acceptors (Lipinski definition) is 6. The van der Waals surface area contributed by atoms with Crippen molar-refractivity contribution in [3.63, 3.8) is 0 Å². The zero-order valence-corrected chi connectivity index (χ0v) is 19.5. The van der Waals surface area contributed by atoms with E-state index in [1.807, 2.05) is 50.2 Å². The van der Waals surface area contributed by atoms with Gasteiger partial charge < -0.3 is 14.4 Å². The minimum absolute atomic E-state index is 0.0356. The lowest BCUT2D eigenvalue weighted by molar-refractivity contribution is -0.116. The van der Waals surface area contributed by atoms with Crippen molar-refractivity contribution in [3.05, 3.63) is 80.5 Å². The van der Waals surface area contributed by atoms with E-state index in [4.69, 9.17) is 4.52 Å². The molecule has 34 heavy (non-hydrogen) atoms. The third-order valence-electron chi connectivity index (χ3n) is 5.80. The van der Waals surface area contributed by atoms with Crippen LogP contribution >= 0.6 is 0 Å². The molecule has 10 nitrogen and oxygen atoms in total. The zero-order chi connectivity index (χ0) is 24.4. The van der Waals surface area contributed by atoms with Crippen LogP contribution < -0.4 is 16.4 Å². The molecule has 1 N–H and O–H groups in total. The van der Waals surface area contributed by atoms with Crippen molar-refractivity contribution in [3.8, 4) is 17.1 Å². The number of carbonyl (C=O) groups is 1. The van der Waals surface area contributed by atoms with Crippen LogP contribution in [0.1, 0.15) is 30.6 Å². The van der Waals surface area contributed by atoms with Gasteiger partial charge in [0.15, 0.2) is 0 Å². The van der Waals surface area contributed by atoms with Crippen LogP contribution in [0.25, 0.3) is 17.1 Å². The topological polar surface area (TPSA) is 117 Å². The van der Waals surface area contributed by atoms with Crippen molar-refractivity contribution < 1.29 is 9.32 Å². The normalized spacial score (nSPS) is 11.1. The van der Waals surface area contributed by atoms with Crippen molar-refractivity contribution in [2.24, 2.45) is 7.05 Å². The number of aromatic nitrogens is 5. The van der Waals surface area contributed by atoms with E-state index in [9.17, 15) is 14.4 Å². The minimum Gasteiger partial charge on any atom is -0.339 e. The average molecular weight is 463 g/mol. The van der Waals surface area contributed by atoms with E-state index in [0.717, 1.165) is 5.69 Å². The highest BCUT2D eigenvalue weighted by molar-refractivity contribution is 5.91. The molecule has 4 rings (SSSR count). The maximum absolute atomic E-state index is 12.9. The molecular weight excluding hydrogens is 436 g/mol. The molecule has 0 aliphatic heterocycles. The monoisotopic (exact) mass is 462 g/mol. The van der Waals surface area contributed by atoms with Gasteiger partial charge in [-0.05, 0) is 45.0 Å². The number of nitrogens with one attached hydrogen (secondary N) is 1. The molecule has 0 atom stereocenters. The molecule has 1 aromatic carbocycles. The molecule has 4 aromatic rings. The van der Waals surface area contributed by atoms with E-state index in [0.29, 0.717) is 23.5 Å². The Balaban J connectivity index is 1.47. The first kappa shape index (κ1) is 23.0. The fourth-order valence-corrected chi connectivity index (χ4v) is 3.83. The van der Waals surface area contributed by atoms with E-state index >= 15 is 0 Å². The molecule has 0 radical (unpaired) electrons. The predicted octanol–water partition coefficient (Wildman–Crippen LogP) is 2.60. The number of pyridine rings is 1. The van der Waals surface area contributed by atoms with Gasteiger partial charge in [0, 0.05) is 32.1 Å². The Morgan fingerprint density at radius 1 is 1.06 bits per heavy atom. The van der Waals surface area contributed by atoms with Gasteiger partial charge in [0.1, 0.15) is 5.69 Å². The molecule has 0 bridgehead atoms. The van der Waals surface area contributed by atoms with Crippen molar-refractivity contribution in [2.45, 2.75) is 40.2 Å². The van der Waals surface area contributed by atoms with Gasteiger partial charge in [-0.15, -0.1) is 0 Å². The lowest BCUT2D eigenvalue weighted by atomic mass is 10.2. The largest absolute Gasteiger partial charge is 0.339 e. The van der Waals surface area contributed by atoms with Crippen LogP contribution in [0.2, 0.25) is 0 Å². The maximum atomic E-state index is 12.9. The summed E-state index contributed by atoms with van der Waals surface area (Å²) in [4.78, 5) is 42.4. The van der Waals surface area contributed by atoms with Gasteiger partial charge in [0.2, 0.25) is 17.6 Å². The molecule has 3 heterocycles. The van der Waals surface area contributed by atoms with Gasteiger partial charge in [-0.2, -0.15) is 4.98 Å². The van der Waals surface area contributed by atoms with E-state index in [-0.39, 0.29) is 47.3 Å². The quantitative estimate of drug-likeness (QED) is 0.451. The summed E-state index contributed by atoms with van der Waals surface area (Å²) in [6.45, 7) is 6.05. The highest BCUT2D eigenvalue weighted by atomic mass is 16.5. The smallest absolute Gasteiger partial charge is 0.295 e. The Kier molecular flexibility index (Phi) is 6.31. The summed E-state index contributed by atoms with van der Waals surface area (Å²) >= 11 is 0. The van der Waals surface area contributed by atoms with Crippen LogP contribution in [0.15, 0.2) is 56.6 Å². The van der Waals surface area contributed by atoms with Crippen LogP contribution in [0.3, 0.4) is 0 Å². The summed E-state index contributed by atoms with van der Waals surface area (Å²) in [6, 6.07) is 12.7. The second-order valence-electron chi connectivity index (χ2n) is 7.93. The highest BCUT2D eigenvalue weighted by Gasteiger charge is 2.19. The fourth-order valence-electron chi connectivity index (χ4n) is 3.83. The van der Waals surface area contributed by atoms with Gasteiger partial charge in [0.05, 0.1) is 16.9 Å². The highest BCUT2D eigenvalue weighted by Crippen LogP contribution is 2.16. The Labute approximate surface area is 195 Å². The van der Waals surface area contributed by atoms with Gasteiger partial charge in [0.25, 0.3) is 11.1 Å². The van der Waals surface area contributed by atoms with Crippen LogP contribution in [-0.4, -0.2) is 30.0 Å². The first-order chi connectivity index (χ1) is 16.3. The number of aryl methyl sites for hydroxylation is 2. The average Bonchev–Trinajstić information content (AvgIpc) is 3.37. The number of amides is 1. The standard InChI is InChI=1S/C24H26N6O4/c1-5-29-15(2)11-12-18(23(29)32)22-26-20(34-27-22)14-13-19(31)25-21-16(3)28(4)30(24(21)33)17-9-7-6-8-10-17/h6-12H,5,13-14H2,1-4H3,(H,25,31). The lowest BCUT2D eigenvalue weighted by Crippen LogP contribution is -2.23. The third-order valence-corrected chi connectivity index (χ3v) is 5.80. The molecule has 0 saturated carbocycles. The number of carbonyl (C=O) groups excluding carboxylic acids is 1. The number of nitrogens with zero attached hydrogens (tertiary/aromatic N) is 5. The second kappa shape index (κ2) is 9.34. The van der Waals surface area contributed by atoms with Gasteiger partial charge >= 0.3 is 0 Å². The van der Waals surface area contributed by atoms with Gasteiger partial charge in [-0.25, -0.2) is 4.68 Å². The summed E-state index contributed by atoms with van der Waals surface area (Å²) < 4.78 is 10.1. The molecule has 3 aromatic heterocycles. The maximum Gasteiger partial charge on any atom is 0.295 e. The molecule has 0 aliphatic carbocycles. The van der Waals surface area contributed by atoms with Gasteiger partial charge in [-0.3, -0.25) is 19.1 Å². The van der Waals surface area contributed by atoms with Crippen molar-refractivity contribution >= 4 is 11.6 Å². The van der Waals surface area contributed by atoms with E-state index < -0.39 is 0 Å². The Bertz CT molecular complexity index is 1460. The molecule has 0 spiro atoms. The summed E-state index contributed by atoms with van der Waals surface area (Å²) in [7, 11) is 1.76. The van der Waals surface area contributed by atoms with Gasteiger partial charge in [-0.1, -0.05) is 23.4 Å². The summed E-state index contributed by atoms with van der Waals surface area (Å²) in [5.74, 6) is 0.0707. The van der Waals surface area contributed by atoms with Crippen LogP contribution in [0.4, 0.5) is 5.69 Å². The van der Waals surface area contributed by atoms with Crippen LogP contribution in [-0.2, 0) is 24.8 Å². The zero-order valence-electron chi connectivity index (χ0n) is 19.5. The number of anilines is 1. The van der Waals surface area contributed by atoms with E-state index in [1.54, 1.807) is 29.3 Å². The minimum atomic E-state index is -0.352. The van der Waals surface area contributed by atoms with Crippen molar-refractivity contribution in [1.29, 1.82) is 0 Å². The molecule has 0 saturated heterocycles. The summed E-state index contributed by atoms with van der Waals surface area (Å²) in [6.07, 6.45) is 0.208. The Morgan fingerprint density at radius 3 is 2.50 bits per heavy atom. The number of benzene rings is 1. The SMILES string of the molecule is CCn1c(C)ccc(-c2noc(CCC(=O)Nc3c(C)n(C)n(-c4ccccc4)c3=O)n2)c1=O. The summed E-state index contributed by atoms with van der Waals surface area (Å²) in [5.41, 5.74) is 2.24. The molecule has 0 fully saturated rings. The third kappa shape index (κ3) is 4.21. The van der Waals surface area contributed by atoms with Crippen molar-refractivity contribution in [2.75, 3.05) is 5.32 Å². The number of hydrogen-bond donors (Lipinski definition) is 1. The van der Waals surface area contributed by atoms with E-state index in [1.165, 1.54) is 4.68 Å². The number of para-hydroxylation sites is 1. The second-order valence-corrected chi connectivity index (χ2v) is 7.93. The lowest BCUT2D eigenvalue weighted by Gasteiger charge is -2.07. The first-order valence-electron chi connectivity index (χ1n) is 11.0. The fraction of sp³-hybridized carbons (Fsp3) is 0.292. The Hall–Kier alpha value is -4.21. The molecular formula is C24H26N6O4. The molecule has 10 heteroatoms. The van der Waals surface area contributed by atoms with Crippen LogP contribution in [0.5, 0.6) is 0 Å². The molecule has 176 valence electrons.